The summed E-state index contributed by atoms with van der Waals surface area (Å²) in [6, 6.07) is 2.06. The molecule has 1 aromatic heterocycles. The maximum atomic E-state index is 5.25. The van der Waals surface area contributed by atoms with Gasteiger partial charge in [0.05, 0.1) is 0 Å². The van der Waals surface area contributed by atoms with Crippen molar-refractivity contribution in [3.8, 4) is 12.3 Å². The van der Waals surface area contributed by atoms with Gasteiger partial charge in [0.25, 0.3) is 0 Å². The molecule has 0 spiro atoms. The first-order valence-corrected chi connectivity index (χ1v) is 3.81. The van der Waals surface area contributed by atoms with Gasteiger partial charge in [0.1, 0.15) is 0 Å². The Balaban J connectivity index is 2.35. The highest BCUT2D eigenvalue weighted by atomic mass is 14.6. The lowest BCUT2D eigenvalue weighted by Gasteiger charge is -1.95. The standard InChI is InChI=1S/C10H9N/c1-2-8-5-10(7-11-6-8)9-3-4-9/h1,5-7,9H,3-4H2. The van der Waals surface area contributed by atoms with Gasteiger partial charge >= 0.3 is 0 Å². The molecule has 0 N–H and O–H groups in total. The Labute approximate surface area is 66.5 Å². The fraction of sp³-hybridized carbons (Fsp3) is 0.300. The van der Waals surface area contributed by atoms with Crippen molar-refractivity contribution in [3.05, 3.63) is 29.6 Å². The van der Waals surface area contributed by atoms with Gasteiger partial charge in [-0.3, -0.25) is 4.98 Å². The van der Waals surface area contributed by atoms with Gasteiger partial charge in [0, 0.05) is 18.0 Å². The average Bonchev–Trinajstić information content (AvgIpc) is 2.87. The van der Waals surface area contributed by atoms with Crippen LogP contribution in [-0.4, -0.2) is 4.98 Å². The Morgan fingerprint density at radius 1 is 1.45 bits per heavy atom. The molecule has 1 heterocycles. The van der Waals surface area contributed by atoms with E-state index in [1.54, 1.807) is 6.20 Å². The average molecular weight is 143 g/mol. The van der Waals surface area contributed by atoms with Crippen molar-refractivity contribution in [1.82, 2.24) is 4.98 Å². The van der Waals surface area contributed by atoms with Crippen molar-refractivity contribution in [3.63, 3.8) is 0 Å². The second-order valence-electron chi connectivity index (χ2n) is 2.93. The second-order valence-corrected chi connectivity index (χ2v) is 2.93. The molecule has 0 amide bonds. The van der Waals surface area contributed by atoms with E-state index in [2.05, 4.69) is 17.0 Å². The van der Waals surface area contributed by atoms with Crippen LogP contribution in [0.1, 0.15) is 29.9 Å². The molecule has 11 heavy (non-hydrogen) atoms. The molecule has 0 aliphatic heterocycles. The molecule has 54 valence electrons. The molecule has 1 heteroatoms. The first-order chi connectivity index (χ1) is 5.40. The van der Waals surface area contributed by atoms with Gasteiger partial charge in [-0.25, -0.2) is 0 Å². The lowest BCUT2D eigenvalue weighted by molar-refractivity contribution is 1.09. The van der Waals surface area contributed by atoms with Crippen LogP contribution in [0.2, 0.25) is 0 Å². The molecule has 0 unspecified atom stereocenters. The number of aromatic nitrogens is 1. The summed E-state index contributed by atoms with van der Waals surface area (Å²) in [4.78, 5) is 4.07. The Morgan fingerprint density at radius 3 is 2.91 bits per heavy atom. The maximum Gasteiger partial charge on any atom is 0.0428 e. The molecule has 0 atom stereocenters. The van der Waals surface area contributed by atoms with Crippen molar-refractivity contribution in [2.24, 2.45) is 0 Å². The van der Waals surface area contributed by atoms with Crippen LogP contribution in [0.15, 0.2) is 18.5 Å². The van der Waals surface area contributed by atoms with Gasteiger partial charge in [0.15, 0.2) is 0 Å². The van der Waals surface area contributed by atoms with Crippen LogP contribution in [0.25, 0.3) is 0 Å². The number of hydrogen-bond donors (Lipinski definition) is 0. The SMILES string of the molecule is C#Cc1cncc(C2CC2)c1. The van der Waals surface area contributed by atoms with E-state index in [1.807, 2.05) is 6.20 Å². The predicted molar refractivity (Wildman–Crippen MR) is 44.1 cm³/mol. The number of rotatable bonds is 1. The van der Waals surface area contributed by atoms with E-state index >= 15 is 0 Å². The fourth-order valence-electron chi connectivity index (χ4n) is 1.18. The van der Waals surface area contributed by atoms with E-state index < -0.39 is 0 Å². The summed E-state index contributed by atoms with van der Waals surface area (Å²) in [6.45, 7) is 0. The highest BCUT2D eigenvalue weighted by Crippen LogP contribution is 2.39. The van der Waals surface area contributed by atoms with Crippen LogP contribution in [-0.2, 0) is 0 Å². The van der Waals surface area contributed by atoms with E-state index in [1.165, 1.54) is 18.4 Å². The van der Waals surface area contributed by atoms with E-state index in [0.717, 1.165) is 11.5 Å². The monoisotopic (exact) mass is 143 g/mol. The quantitative estimate of drug-likeness (QED) is 0.547. The number of hydrogen-bond acceptors (Lipinski definition) is 1. The Bertz CT molecular complexity index is 305. The minimum Gasteiger partial charge on any atom is -0.263 e. The molecule has 0 aromatic carbocycles. The van der Waals surface area contributed by atoms with Crippen LogP contribution in [0.5, 0.6) is 0 Å². The van der Waals surface area contributed by atoms with E-state index in [4.69, 9.17) is 6.42 Å². The van der Waals surface area contributed by atoms with Gasteiger partial charge in [-0.05, 0) is 30.4 Å². The number of terminal acetylenes is 1. The molecular weight excluding hydrogens is 134 g/mol. The third kappa shape index (κ3) is 1.25. The number of pyridine rings is 1. The van der Waals surface area contributed by atoms with Crippen LogP contribution in [0, 0.1) is 12.3 Å². The summed E-state index contributed by atoms with van der Waals surface area (Å²) >= 11 is 0. The van der Waals surface area contributed by atoms with Crippen LogP contribution in [0.3, 0.4) is 0 Å². The zero-order chi connectivity index (χ0) is 7.68. The molecule has 0 radical (unpaired) electrons. The molecular formula is C10H9N. The molecule has 0 saturated heterocycles. The highest BCUT2D eigenvalue weighted by Gasteiger charge is 2.23. The minimum atomic E-state index is 0.746. The molecule has 1 aliphatic rings. The van der Waals surface area contributed by atoms with Gasteiger partial charge in [0.2, 0.25) is 0 Å². The summed E-state index contributed by atoms with van der Waals surface area (Å²) in [5, 5.41) is 0. The summed E-state index contributed by atoms with van der Waals surface area (Å²) in [6.07, 6.45) is 11.5. The molecule has 1 saturated carbocycles. The van der Waals surface area contributed by atoms with Crippen molar-refractivity contribution in [2.75, 3.05) is 0 Å². The van der Waals surface area contributed by atoms with Crippen LogP contribution < -0.4 is 0 Å². The summed E-state index contributed by atoms with van der Waals surface area (Å²) < 4.78 is 0. The Kier molecular flexibility index (Phi) is 1.40. The molecule has 1 aliphatic carbocycles. The molecule has 0 bridgehead atoms. The van der Waals surface area contributed by atoms with Gasteiger partial charge in [-0.2, -0.15) is 0 Å². The first kappa shape index (κ1) is 6.42. The van der Waals surface area contributed by atoms with Crippen molar-refractivity contribution < 1.29 is 0 Å². The zero-order valence-electron chi connectivity index (χ0n) is 6.25. The molecule has 1 fully saturated rings. The molecule has 1 nitrogen and oxygen atoms in total. The minimum absolute atomic E-state index is 0.746. The predicted octanol–water partition coefficient (Wildman–Crippen LogP) is 1.94. The summed E-state index contributed by atoms with van der Waals surface area (Å²) in [7, 11) is 0. The normalized spacial score (nSPS) is 15.9. The largest absolute Gasteiger partial charge is 0.263 e. The smallest absolute Gasteiger partial charge is 0.0428 e. The molecule has 1 aromatic rings. The Morgan fingerprint density at radius 2 is 2.27 bits per heavy atom. The highest BCUT2D eigenvalue weighted by molar-refractivity contribution is 5.34. The lowest BCUT2D eigenvalue weighted by atomic mass is 10.1. The maximum absolute atomic E-state index is 5.25. The van der Waals surface area contributed by atoms with Crippen molar-refractivity contribution in [2.45, 2.75) is 18.8 Å². The van der Waals surface area contributed by atoms with Gasteiger partial charge in [-0.1, -0.05) is 5.92 Å². The van der Waals surface area contributed by atoms with E-state index in [9.17, 15) is 0 Å². The summed E-state index contributed by atoms with van der Waals surface area (Å²) in [5.41, 5.74) is 2.20. The third-order valence-corrected chi connectivity index (χ3v) is 1.97. The second kappa shape index (κ2) is 2.39. The number of nitrogens with zero attached hydrogens (tertiary/aromatic N) is 1. The van der Waals surface area contributed by atoms with Crippen LogP contribution >= 0.6 is 0 Å². The van der Waals surface area contributed by atoms with E-state index in [0.29, 0.717) is 0 Å². The van der Waals surface area contributed by atoms with E-state index in [-0.39, 0.29) is 0 Å². The van der Waals surface area contributed by atoms with Crippen LogP contribution in [0.4, 0.5) is 0 Å². The van der Waals surface area contributed by atoms with Gasteiger partial charge in [-0.15, -0.1) is 6.42 Å². The third-order valence-electron chi connectivity index (χ3n) is 1.97. The molecule has 2 rings (SSSR count). The van der Waals surface area contributed by atoms with Gasteiger partial charge < -0.3 is 0 Å². The fourth-order valence-corrected chi connectivity index (χ4v) is 1.18. The van der Waals surface area contributed by atoms with Crippen molar-refractivity contribution >= 4 is 0 Å². The Hall–Kier alpha value is -1.29. The zero-order valence-corrected chi connectivity index (χ0v) is 6.25. The summed E-state index contributed by atoms with van der Waals surface area (Å²) in [5.74, 6) is 3.33. The van der Waals surface area contributed by atoms with Crippen molar-refractivity contribution in [1.29, 1.82) is 0 Å². The first-order valence-electron chi connectivity index (χ1n) is 3.81. The topological polar surface area (TPSA) is 12.9 Å². The lowest BCUT2D eigenvalue weighted by Crippen LogP contribution is -1.83.